The minimum Gasteiger partial charge on any atom is -0.339 e. The van der Waals surface area contributed by atoms with Crippen LogP contribution in [0.1, 0.15) is 22.7 Å². The summed E-state index contributed by atoms with van der Waals surface area (Å²) in [7, 11) is -4.11. The number of aryl methyl sites for hydroxylation is 1. The Bertz CT molecular complexity index is 1550. The van der Waals surface area contributed by atoms with Crippen LogP contribution in [0.15, 0.2) is 108 Å². The van der Waals surface area contributed by atoms with Gasteiger partial charge in [0, 0.05) is 31.2 Å². The second kappa shape index (κ2) is 12.7. The van der Waals surface area contributed by atoms with E-state index in [1.165, 1.54) is 35.4 Å². The van der Waals surface area contributed by atoms with E-state index in [1.54, 1.807) is 23.1 Å². The zero-order valence-corrected chi connectivity index (χ0v) is 25.0. The van der Waals surface area contributed by atoms with Gasteiger partial charge in [-0.2, -0.15) is 0 Å². The highest BCUT2D eigenvalue weighted by Crippen LogP contribution is 2.34. The molecule has 1 aliphatic heterocycles. The van der Waals surface area contributed by atoms with E-state index in [4.69, 9.17) is 23.2 Å². The third-order valence-corrected chi connectivity index (χ3v) is 9.66. The number of carbonyl (C=O) groups excluding carboxylic acids is 1. The summed E-state index contributed by atoms with van der Waals surface area (Å²) in [5, 5.41) is 0.513. The van der Waals surface area contributed by atoms with Gasteiger partial charge in [-0.05, 0) is 48.4 Å². The summed E-state index contributed by atoms with van der Waals surface area (Å²) >= 11 is 12.7. The molecule has 5 rings (SSSR count). The Hall–Kier alpha value is -3.36. The Balaban J connectivity index is 1.37. The molecule has 41 heavy (non-hydrogen) atoms. The van der Waals surface area contributed by atoms with E-state index in [-0.39, 0.29) is 27.6 Å². The van der Waals surface area contributed by atoms with Gasteiger partial charge in [0.15, 0.2) is 0 Å². The highest BCUT2D eigenvalue weighted by Gasteiger charge is 2.33. The lowest BCUT2D eigenvalue weighted by Crippen LogP contribution is -2.52. The molecule has 0 unspecified atom stereocenters. The van der Waals surface area contributed by atoms with E-state index in [1.807, 2.05) is 43.3 Å². The van der Waals surface area contributed by atoms with Gasteiger partial charge in [0.05, 0.1) is 21.6 Å². The van der Waals surface area contributed by atoms with Gasteiger partial charge >= 0.3 is 0 Å². The van der Waals surface area contributed by atoms with Crippen LogP contribution in [0.4, 0.5) is 5.69 Å². The van der Waals surface area contributed by atoms with E-state index in [0.717, 1.165) is 9.87 Å². The molecule has 9 heteroatoms. The second-order valence-corrected chi connectivity index (χ2v) is 12.8. The van der Waals surface area contributed by atoms with Crippen LogP contribution in [0.5, 0.6) is 0 Å². The minimum absolute atomic E-state index is 0.0540. The van der Waals surface area contributed by atoms with Crippen LogP contribution < -0.4 is 4.31 Å². The third kappa shape index (κ3) is 6.60. The Morgan fingerprint density at radius 1 is 0.805 bits per heavy atom. The molecule has 0 radical (unpaired) electrons. The van der Waals surface area contributed by atoms with Crippen LogP contribution in [0.3, 0.4) is 0 Å². The Morgan fingerprint density at radius 3 is 1.93 bits per heavy atom. The number of hydrogen-bond donors (Lipinski definition) is 0. The molecule has 0 aliphatic carbocycles. The number of hydrogen-bond acceptors (Lipinski definition) is 4. The smallest absolute Gasteiger partial charge is 0.264 e. The van der Waals surface area contributed by atoms with Crippen molar-refractivity contribution in [3.63, 3.8) is 0 Å². The van der Waals surface area contributed by atoms with Crippen LogP contribution in [0.2, 0.25) is 10.0 Å². The normalized spacial score (nSPS) is 14.3. The number of benzene rings is 4. The first kappa shape index (κ1) is 29.1. The molecule has 4 aromatic carbocycles. The van der Waals surface area contributed by atoms with Gasteiger partial charge in [0.2, 0.25) is 5.91 Å². The van der Waals surface area contributed by atoms with E-state index >= 15 is 0 Å². The van der Waals surface area contributed by atoms with Crippen molar-refractivity contribution in [2.45, 2.75) is 17.9 Å². The van der Waals surface area contributed by atoms with Gasteiger partial charge in [-0.3, -0.25) is 14.0 Å². The maximum Gasteiger partial charge on any atom is 0.264 e. The SMILES string of the molecule is Cc1ccc(S(=O)(=O)N(CC(=O)N2CCN(C(c3ccccc3)c3ccccc3)CC2)c2cc(Cl)ccc2Cl)cc1. The minimum atomic E-state index is -4.11. The maximum atomic E-state index is 13.8. The summed E-state index contributed by atoms with van der Waals surface area (Å²) in [5.41, 5.74) is 3.46. The lowest BCUT2D eigenvalue weighted by atomic mass is 9.96. The molecule has 0 bridgehead atoms. The van der Waals surface area contributed by atoms with Crippen molar-refractivity contribution in [3.05, 3.63) is 130 Å². The van der Waals surface area contributed by atoms with Gasteiger partial charge < -0.3 is 4.90 Å². The van der Waals surface area contributed by atoms with Crippen molar-refractivity contribution in [1.82, 2.24) is 9.80 Å². The first-order valence-corrected chi connectivity index (χ1v) is 15.6. The molecule has 4 aromatic rings. The zero-order valence-electron chi connectivity index (χ0n) is 22.7. The zero-order chi connectivity index (χ0) is 29.0. The van der Waals surface area contributed by atoms with Crippen molar-refractivity contribution in [3.8, 4) is 0 Å². The third-order valence-electron chi connectivity index (χ3n) is 7.33. The van der Waals surface area contributed by atoms with Crippen molar-refractivity contribution in [1.29, 1.82) is 0 Å². The first-order chi connectivity index (χ1) is 19.7. The fraction of sp³-hybridized carbons (Fsp3) is 0.219. The number of carbonyl (C=O) groups is 1. The molecule has 1 fully saturated rings. The number of nitrogens with zero attached hydrogens (tertiary/aromatic N) is 3. The summed E-state index contributed by atoms with van der Waals surface area (Å²) in [5.74, 6) is -0.299. The average molecular weight is 609 g/mol. The quantitative estimate of drug-likeness (QED) is 0.231. The molecular formula is C32H31Cl2N3O3S. The summed E-state index contributed by atoms with van der Waals surface area (Å²) in [6.45, 7) is 3.71. The Labute approximate surface area is 251 Å². The van der Waals surface area contributed by atoms with Gasteiger partial charge in [-0.25, -0.2) is 8.42 Å². The monoisotopic (exact) mass is 607 g/mol. The number of amides is 1. The lowest BCUT2D eigenvalue weighted by Gasteiger charge is -2.40. The van der Waals surface area contributed by atoms with Gasteiger partial charge in [-0.1, -0.05) is 102 Å². The summed E-state index contributed by atoms with van der Waals surface area (Å²) in [6, 6.07) is 31.8. The van der Waals surface area contributed by atoms with Crippen LogP contribution in [-0.2, 0) is 14.8 Å². The largest absolute Gasteiger partial charge is 0.339 e. The van der Waals surface area contributed by atoms with E-state index in [9.17, 15) is 13.2 Å². The number of rotatable bonds is 8. The van der Waals surface area contributed by atoms with Crippen LogP contribution in [-0.4, -0.2) is 56.8 Å². The lowest BCUT2D eigenvalue weighted by molar-refractivity contribution is -0.131. The molecule has 1 saturated heterocycles. The van der Waals surface area contributed by atoms with Crippen LogP contribution in [0, 0.1) is 6.92 Å². The van der Waals surface area contributed by atoms with Crippen molar-refractivity contribution >= 4 is 44.8 Å². The molecular weight excluding hydrogens is 577 g/mol. The molecule has 212 valence electrons. The van der Waals surface area contributed by atoms with Crippen molar-refractivity contribution in [2.24, 2.45) is 0 Å². The fourth-order valence-electron chi connectivity index (χ4n) is 5.15. The molecule has 1 amide bonds. The first-order valence-electron chi connectivity index (χ1n) is 13.4. The molecule has 6 nitrogen and oxygen atoms in total. The Morgan fingerprint density at radius 2 is 1.37 bits per heavy atom. The molecule has 0 atom stereocenters. The van der Waals surface area contributed by atoms with Crippen LogP contribution in [0.25, 0.3) is 0 Å². The number of halogens is 2. The Kier molecular flexibility index (Phi) is 9.00. The molecule has 1 aliphatic rings. The highest BCUT2D eigenvalue weighted by molar-refractivity contribution is 7.92. The molecule has 1 heterocycles. The predicted molar refractivity (Wildman–Crippen MR) is 165 cm³/mol. The molecule has 0 N–H and O–H groups in total. The molecule has 0 spiro atoms. The highest BCUT2D eigenvalue weighted by atomic mass is 35.5. The van der Waals surface area contributed by atoms with Gasteiger partial charge in [0.25, 0.3) is 10.0 Å². The van der Waals surface area contributed by atoms with Gasteiger partial charge in [-0.15, -0.1) is 0 Å². The van der Waals surface area contributed by atoms with Crippen molar-refractivity contribution in [2.75, 3.05) is 37.0 Å². The molecule has 0 aromatic heterocycles. The van der Waals surface area contributed by atoms with Crippen LogP contribution >= 0.6 is 23.2 Å². The van der Waals surface area contributed by atoms with Crippen molar-refractivity contribution < 1.29 is 13.2 Å². The summed E-state index contributed by atoms with van der Waals surface area (Å²) in [6.07, 6.45) is 0. The van der Waals surface area contributed by atoms with E-state index < -0.39 is 16.6 Å². The maximum absolute atomic E-state index is 13.8. The summed E-state index contributed by atoms with van der Waals surface area (Å²) < 4.78 is 28.7. The number of anilines is 1. The topological polar surface area (TPSA) is 60.9 Å². The number of piperazine rings is 1. The predicted octanol–water partition coefficient (Wildman–Crippen LogP) is 6.43. The summed E-state index contributed by atoms with van der Waals surface area (Å²) in [4.78, 5) is 17.8. The number of sulfonamides is 1. The fourth-order valence-corrected chi connectivity index (χ4v) is 7.01. The van der Waals surface area contributed by atoms with Gasteiger partial charge in [0.1, 0.15) is 6.54 Å². The molecule has 0 saturated carbocycles. The standard InChI is InChI=1S/C32H31Cl2N3O3S/c1-24-12-15-28(16-13-24)41(39,40)37(30-22-27(33)14-17-29(30)34)23-31(38)35-18-20-36(21-19-35)32(25-8-4-2-5-9-25)26-10-6-3-7-11-26/h2-17,22,32H,18-21,23H2,1H3. The van der Waals surface area contributed by atoms with E-state index in [0.29, 0.717) is 31.2 Å². The van der Waals surface area contributed by atoms with E-state index in [2.05, 4.69) is 29.2 Å². The average Bonchev–Trinajstić information content (AvgIpc) is 2.99. The second-order valence-electron chi connectivity index (χ2n) is 10.1.